The normalized spacial score (nSPS) is 11.0. The molecule has 0 fully saturated rings. The van der Waals surface area contributed by atoms with Gasteiger partial charge in [-0.25, -0.2) is 0 Å². The van der Waals surface area contributed by atoms with E-state index in [4.69, 9.17) is 5.73 Å². The molecule has 0 spiro atoms. The number of carbonyl (C=O) groups excluding carboxylic acids is 1. The van der Waals surface area contributed by atoms with Gasteiger partial charge in [-0.05, 0) is 22.9 Å². The van der Waals surface area contributed by atoms with Crippen molar-refractivity contribution in [2.75, 3.05) is 0 Å². The topological polar surface area (TPSA) is 63.3 Å². The van der Waals surface area contributed by atoms with Crippen LogP contribution in [0.5, 0.6) is 5.75 Å². The minimum absolute atomic E-state index is 0.135. The fraction of sp³-hybridized carbons (Fsp3) is 0. The van der Waals surface area contributed by atoms with Gasteiger partial charge in [0.2, 0.25) is 5.91 Å². The molecule has 3 N–H and O–H groups in total. The highest BCUT2D eigenvalue weighted by atomic mass is 16.3. The maximum Gasteiger partial charge on any atom is 0.241 e. The van der Waals surface area contributed by atoms with Crippen LogP contribution in [0.15, 0.2) is 42.5 Å². The van der Waals surface area contributed by atoms with Gasteiger partial charge in [-0.1, -0.05) is 30.3 Å². The lowest BCUT2D eigenvalue weighted by atomic mass is 10.0. The van der Waals surface area contributed by atoms with Gasteiger partial charge in [0.05, 0.1) is 0 Å². The lowest BCUT2D eigenvalue weighted by Gasteiger charge is -2.04. The first-order chi connectivity index (χ1) is 7.68. The molecule has 1 amide bonds. The number of carbonyl (C=O) groups is 1. The molecular formula is C13H11NO2. The largest absolute Gasteiger partial charge is 0.507 e. The summed E-state index contributed by atoms with van der Waals surface area (Å²) in [4.78, 5) is 10.7. The van der Waals surface area contributed by atoms with Gasteiger partial charge in [0, 0.05) is 11.6 Å². The fourth-order valence-corrected chi connectivity index (χ4v) is 1.62. The third-order valence-electron chi connectivity index (χ3n) is 2.36. The van der Waals surface area contributed by atoms with Crippen molar-refractivity contribution >= 4 is 22.8 Å². The molecule has 0 radical (unpaired) electrons. The number of nitrogens with two attached hydrogens (primary N) is 1. The highest BCUT2D eigenvalue weighted by Gasteiger charge is 2.03. The zero-order chi connectivity index (χ0) is 11.5. The third-order valence-corrected chi connectivity index (χ3v) is 2.36. The van der Waals surface area contributed by atoms with Crippen molar-refractivity contribution in [1.82, 2.24) is 0 Å². The van der Waals surface area contributed by atoms with E-state index in [1.165, 1.54) is 12.2 Å². The number of benzene rings is 2. The van der Waals surface area contributed by atoms with Gasteiger partial charge in [-0.2, -0.15) is 0 Å². The molecule has 0 aromatic heterocycles. The molecule has 80 valence electrons. The van der Waals surface area contributed by atoms with Gasteiger partial charge < -0.3 is 10.8 Å². The van der Waals surface area contributed by atoms with Crippen molar-refractivity contribution in [2.24, 2.45) is 5.73 Å². The standard InChI is InChI=1S/C13H11NO2/c14-13(16)8-6-11-10-4-2-1-3-9(10)5-7-12(11)15/h1-8,15H,(H2,14,16). The number of fused-ring (bicyclic) bond motifs is 1. The quantitative estimate of drug-likeness (QED) is 0.750. The maximum atomic E-state index is 10.7. The second-order valence-corrected chi connectivity index (χ2v) is 3.46. The van der Waals surface area contributed by atoms with Crippen molar-refractivity contribution in [3.63, 3.8) is 0 Å². The minimum Gasteiger partial charge on any atom is -0.507 e. The zero-order valence-electron chi connectivity index (χ0n) is 8.55. The van der Waals surface area contributed by atoms with Gasteiger partial charge in [0.25, 0.3) is 0 Å². The summed E-state index contributed by atoms with van der Waals surface area (Å²) >= 11 is 0. The molecule has 2 aromatic rings. The summed E-state index contributed by atoms with van der Waals surface area (Å²) in [6.45, 7) is 0. The van der Waals surface area contributed by atoms with Crippen LogP contribution in [0, 0.1) is 0 Å². The molecule has 0 saturated heterocycles. The summed E-state index contributed by atoms with van der Waals surface area (Å²) < 4.78 is 0. The number of hydrogen-bond acceptors (Lipinski definition) is 2. The van der Waals surface area contributed by atoms with E-state index in [0.29, 0.717) is 5.56 Å². The molecule has 0 unspecified atom stereocenters. The molecule has 0 heterocycles. The predicted molar refractivity (Wildman–Crippen MR) is 63.8 cm³/mol. The molecular weight excluding hydrogens is 202 g/mol. The van der Waals surface area contributed by atoms with Gasteiger partial charge in [0.1, 0.15) is 5.75 Å². The Labute approximate surface area is 92.8 Å². The summed E-state index contributed by atoms with van der Waals surface area (Å²) in [5.41, 5.74) is 5.64. The van der Waals surface area contributed by atoms with Crippen LogP contribution in [0.25, 0.3) is 16.8 Å². The number of rotatable bonds is 2. The van der Waals surface area contributed by atoms with E-state index in [-0.39, 0.29) is 5.75 Å². The SMILES string of the molecule is NC(=O)C=Cc1c(O)ccc2ccccc12. The molecule has 16 heavy (non-hydrogen) atoms. The Balaban J connectivity index is 2.66. The Morgan fingerprint density at radius 3 is 2.69 bits per heavy atom. The third kappa shape index (κ3) is 1.88. The van der Waals surface area contributed by atoms with E-state index in [2.05, 4.69) is 0 Å². The van der Waals surface area contributed by atoms with Gasteiger partial charge in [0.15, 0.2) is 0 Å². The molecule has 3 heteroatoms. The van der Waals surface area contributed by atoms with Crippen LogP contribution in [0.4, 0.5) is 0 Å². The Morgan fingerprint density at radius 1 is 1.19 bits per heavy atom. The summed E-state index contributed by atoms with van der Waals surface area (Å²) in [6.07, 6.45) is 2.77. The second-order valence-electron chi connectivity index (χ2n) is 3.46. The summed E-state index contributed by atoms with van der Waals surface area (Å²) in [7, 11) is 0. The van der Waals surface area contributed by atoms with E-state index in [9.17, 15) is 9.90 Å². The molecule has 0 saturated carbocycles. The Morgan fingerprint density at radius 2 is 1.94 bits per heavy atom. The first-order valence-electron chi connectivity index (χ1n) is 4.87. The van der Waals surface area contributed by atoms with Crippen molar-refractivity contribution in [3.05, 3.63) is 48.0 Å². The van der Waals surface area contributed by atoms with E-state index in [1.807, 2.05) is 30.3 Å². The minimum atomic E-state index is -0.535. The highest BCUT2D eigenvalue weighted by Crippen LogP contribution is 2.27. The molecule has 0 aliphatic heterocycles. The van der Waals surface area contributed by atoms with Gasteiger partial charge in [-0.15, -0.1) is 0 Å². The molecule has 0 bridgehead atoms. The first kappa shape index (κ1) is 10.2. The molecule has 2 aromatic carbocycles. The number of phenols is 1. The summed E-state index contributed by atoms with van der Waals surface area (Å²) in [5, 5.41) is 11.6. The Kier molecular flexibility index (Phi) is 2.60. The molecule has 2 rings (SSSR count). The van der Waals surface area contributed by atoms with Crippen molar-refractivity contribution < 1.29 is 9.90 Å². The number of hydrogen-bond donors (Lipinski definition) is 2. The fourth-order valence-electron chi connectivity index (χ4n) is 1.62. The van der Waals surface area contributed by atoms with Crippen LogP contribution >= 0.6 is 0 Å². The van der Waals surface area contributed by atoms with Crippen LogP contribution in [-0.2, 0) is 4.79 Å². The zero-order valence-corrected chi connectivity index (χ0v) is 8.55. The van der Waals surface area contributed by atoms with E-state index in [1.54, 1.807) is 6.07 Å². The Bertz CT molecular complexity index is 573. The van der Waals surface area contributed by atoms with E-state index < -0.39 is 5.91 Å². The number of primary amides is 1. The number of aromatic hydroxyl groups is 1. The van der Waals surface area contributed by atoms with E-state index >= 15 is 0 Å². The maximum absolute atomic E-state index is 10.7. The first-order valence-corrected chi connectivity index (χ1v) is 4.87. The lowest BCUT2D eigenvalue weighted by Crippen LogP contribution is -2.05. The Hall–Kier alpha value is -2.29. The van der Waals surface area contributed by atoms with Crippen LogP contribution in [0.1, 0.15) is 5.56 Å². The predicted octanol–water partition coefficient (Wildman–Crippen LogP) is 2.04. The highest BCUT2D eigenvalue weighted by molar-refractivity contribution is 5.97. The van der Waals surface area contributed by atoms with E-state index in [0.717, 1.165) is 10.8 Å². The second kappa shape index (κ2) is 4.06. The smallest absolute Gasteiger partial charge is 0.241 e. The van der Waals surface area contributed by atoms with Crippen LogP contribution in [0.3, 0.4) is 0 Å². The molecule has 0 atom stereocenters. The van der Waals surface area contributed by atoms with Crippen molar-refractivity contribution in [3.8, 4) is 5.75 Å². The average Bonchev–Trinajstić information content (AvgIpc) is 2.27. The van der Waals surface area contributed by atoms with Gasteiger partial charge in [-0.3, -0.25) is 4.79 Å². The van der Waals surface area contributed by atoms with Crippen LogP contribution < -0.4 is 5.73 Å². The van der Waals surface area contributed by atoms with Crippen molar-refractivity contribution in [1.29, 1.82) is 0 Å². The van der Waals surface area contributed by atoms with Gasteiger partial charge >= 0.3 is 0 Å². The van der Waals surface area contributed by atoms with Crippen molar-refractivity contribution in [2.45, 2.75) is 0 Å². The lowest BCUT2D eigenvalue weighted by molar-refractivity contribution is -0.113. The summed E-state index contributed by atoms with van der Waals surface area (Å²) in [6, 6.07) is 11.0. The monoisotopic (exact) mass is 213 g/mol. The molecule has 3 nitrogen and oxygen atoms in total. The summed E-state index contributed by atoms with van der Waals surface area (Å²) in [5.74, 6) is -0.400. The van der Waals surface area contributed by atoms with Crippen LogP contribution in [0.2, 0.25) is 0 Å². The molecule has 0 aliphatic rings. The number of amides is 1. The van der Waals surface area contributed by atoms with Crippen LogP contribution in [-0.4, -0.2) is 11.0 Å². The molecule has 0 aliphatic carbocycles. The average molecular weight is 213 g/mol. The number of phenolic OH excluding ortho intramolecular Hbond substituents is 1.